The first-order valence-electron chi connectivity index (χ1n) is 10.5. The van der Waals surface area contributed by atoms with Gasteiger partial charge in [-0.1, -0.05) is 67.9 Å². The second-order valence-electron chi connectivity index (χ2n) is 7.71. The molecule has 33 heavy (non-hydrogen) atoms. The summed E-state index contributed by atoms with van der Waals surface area (Å²) in [6.07, 6.45) is 0.946. The van der Waals surface area contributed by atoms with Gasteiger partial charge in [0.1, 0.15) is 5.82 Å². The number of thioether (sulfide) groups is 1. The van der Waals surface area contributed by atoms with Gasteiger partial charge in [0.15, 0.2) is 0 Å². The molecule has 7 nitrogen and oxygen atoms in total. The lowest BCUT2D eigenvalue weighted by Gasteiger charge is -2.20. The molecule has 0 spiro atoms. The second-order valence-corrected chi connectivity index (χ2v) is 9.50. The molecule has 0 aliphatic rings. The summed E-state index contributed by atoms with van der Waals surface area (Å²) in [5, 5.41) is 14.0. The smallest absolute Gasteiger partial charge is 0.253 e. The summed E-state index contributed by atoms with van der Waals surface area (Å²) in [5.74, 6) is 0.198. The maximum atomic E-state index is 12.7. The summed E-state index contributed by atoms with van der Waals surface area (Å²) in [5.41, 5.74) is 2.28. The van der Waals surface area contributed by atoms with E-state index < -0.39 is 6.04 Å². The maximum Gasteiger partial charge on any atom is 0.253 e. The molecule has 174 valence electrons. The SMILES string of the molecule is CCc1ccc(NC(=O)CSc2n[nH]c([C@H](NC(=O)c3ccc(Cl)cc3Cl)C(C)C)n2)cc1. The Morgan fingerprint density at radius 1 is 1.12 bits per heavy atom. The number of amides is 2. The molecule has 0 saturated heterocycles. The van der Waals surface area contributed by atoms with Gasteiger partial charge < -0.3 is 10.6 Å². The number of nitrogens with zero attached hydrogens (tertiary/aromatic N) is 2. The Morgan fingerprint density at radius 3 is 2.48 bits per heavy atom. The number of benzene rings is 2. The summed E-state index contributed by atoms with van der Waals surface area (Å²) in [6, 6.07) is 12.0. The number of aromatic nitrogens is 3. The number of halogens is 2. The van der Waals surface area contributed by atoms with Crippen LogP contribution in [0.1, 0.15) is 48.6 Å². The van der Waals surface area contributed by atoms with E-state index in [0.29, 0.717) is 21.6 Å². The predicted molar refractivity (Wildman–Crippen MR) is 133 cm³/mol. The molecule has 0 fully saturated rings. The van der Waals surface area contributed by atoms with E-state index in [1.807, 2.05) is 38.1 Å². The van der Waals surface area contributed by atoms with Crippen LogP contribution < -0.4 is 10.6 Å². The number of hydrogen-bond donors (Lipinski definition) is 3. The summed E-state index contributed by atoms with van der Waals surface area (Å²) in [4.78, 5) is 29.5. The highest BCUT2D eigenvalue weighted by Crippen LogP contribution is 2.25. The molecular formula is C23H25Cl2N5O2S. The molecule has 1 heterocycles. The minimum atomic E-state index is -0.419. The molecule has 1 atom stereocenters. The van der Waals surface area contributed by atoms with Gasteiger partial charge in [-0.15, -0.1) is 5.10 Å². The van der Waals surface area contributed by atoms with Crippen LogP contribution in [-0.2, 0) is 11.2 Å². The van der Waals surface area contributed by atoms with Crippen LogP contribution in [-0.4, -0.2) is 32.7 Å². The van der Waals surface area contributed by atoms with Crippen molar-refractivity contribution in [3.8, 4) is 0 Å². The Balaban J connectivity index is 1.60. The number of hydrogen-bond acceptors (Lipinski definition) is 5. The van der Waals surface area contributed by atoms with Crippen molar-refractivity contribution in [3.05, 3.63) is 69.5 Å². The third-order valence-corrected chi connectivity index (χ3v) is 6.28. The highest BCUT2D eigenvalue weighted by atomic mass is 35.5. The molecule has 3 rings (SSSR count). The number of H-pyrrole nitrogens is 1. The molecule has 1 aromatic heterocycles. The third kappa shape index (κ3) is 6.96. The van der Waals surface area contributed by atoms with Gasteiger partial charge in [0.2, 0.25) is 11.1 Å². The largest absolute Gasteiger partial charge is 0.342 e. The van der Waals surface area contributed by atoms with Crippen molar-refractivity contribution in [2.24, 2.45) is 5.92 Å². The molecule has 2 amide bonds. The molecule has 3 aromatic rings. The van der Waals surface area contributed by atoms with Gasteiger partial charge >= 0.3 is 0 Å². The Bertz CT molecular complexity index is 1120. The molecule has 0 saturated carbocycles. The fraction of sp³-hybridized carbons (Fsp3) is 0.304. The molecular weight excluding hydrogens is 481 g/mol. The molecule has 3 N–H and O–H groups in total. The minimum Gasteiger partial charge on any atom is -0.342 e. The van der Waals surface area contributed by atoms with E-state index >= 15 is 0 Å². The lowest BCUT2D eigenvalue weighted by molar-refractivity contribution is -0.113. The fourth-order valence-electron chi connectivity index (χ4n) is 3.06. The Labute approximate surface area is 207 Å². The molecule has 10 heteroatoms. The van der Waals surface area contributed by atoms with Gasteiger partial charge in [0.05, 0.1) is 22.4 Å². The monoisotopic (exact) mass is 505 g/mol. The van der Waals surface area contributed by atoms with Gasteiger partial charge in [-0.2, -0.15) is 0 Å². The van der Waals surface area contributed by atoms with Crippen LogP contribution in [0.4, 0.5) is 5.69 Å². The zero-order chi connectivity index (χ0) is 24.0. The van der Waals surface area contributed by atoms with Crippen molar-refractivity contribution in [2.45, 2.75) is 38.4 Å². The van der Waals surface area contributed by atoms with Crippen molar-refractivity contribution in [3.63, 3.8) is 0 Å². The molecule has 0 aliphatic carbocycles. The minimum absolute atomic E-state index is 0.0280. The topological polar surface area (TPSA) is 99.8 Å². The highest BCUT2D eigenvalue weighted by Gasteiger charge is 2.24. The van der Waals surface area contributed by atoms with Crippen LogP contribution >= 0.6 is 35.0 Å². The van der Waals surface area contributed by atoms with Crippen LogP contribution in [0.3, 0.4) is 0 Å². The van der Waals surface area contributed by atoms with Crippen molar-refractivity contribution < 1.29 is 9.59 Å². The van der Waals surface area contributed by atoms with Crippen molar-refractivity contribution >= 4 is 52.5 Å². The van der Waals surface area contributed by atoms with Crippen LogP contribution in [0.5, 0.6) is 0 Å². The van der Waals surface area contributed by atoms with E-state index in [2.05, 4.69) is 32.7 Å². The van der Waals surface area contributed by atoms with Gasteiger partial charge in [-0.25, -0.2) is 4.98 Å². The predicted octanol–water partition coefficient (Wildman–Crippen LogP) is 5.53. The summed E-state index contributed by atoms with van der Waals surface area (Å²) >= 11 is 13.3. The lowest BCUT2D eigenvalue weighted by atomic mass is 10.0. The number of carbonyl (C=O) groups excluding carboxylic acids is 2. The lowest BCUT2D eigenvalue weighted by Crippen LogP contribution is -2.32. The number of anilines is 1. The fourth-order valence-corrected chi connectivity index (χ4v) is 4.16. The van der Waals surface area contributed by atoms with Gasteiger partial charge in [-0.3, -0.25) is 14.7 Å². The average Bonchev–Trinajstić information content (AvgIpc) is 3.25. The van der Waals surface area contributed by atoms with Crippen LogP contribution in [0, 0.1) is 5.92 Å². The summed E-state index contributed by atoms with van der Waals surface area (Å²) in [6.45, 7) is 6.00. The molecule has 2 aromatic carbocycles. The summed E-state index contributed by atoms with van der Waals surface area (Å²) < 4.78 is 0. The second kappa shape index (κ2) is 11.5. The zero-order valence-electron chi connectivity index (χ0n) is 18.5. The number of carbonyl (C=O) groups is 2. The van der Waals surface area contributed by atoms with E-state index in [1.165, 1.54) is 23.4 Å². The number of aryl methyl sites for hydroxylation is 1. The maximum absolute atomic E-state index is 12.7. The Kier molecular flexibility index (Phi) is 8.77. The van der Waals surface area contributed by atoms with Gasteiger partial charge in [0, 0.05) is 10.7 Å². The highest BCUT2D eigenvalue weighted by molar-refractivity contribution is 7.99. The van der Waals surface area contributed by atoms with Crippen molar-refractivity contribution in [2.75, 3.05) is 11.1 Å². The Morgan fingerprint density at radius 2 is 1.85 bits per heavy atom. The number of aromatic amines is 1. The van der Waals surface area contributed by atoms with Crippen molar-refractivity contribution in [1.29, 1.82) is 0 Å². The zero-order valence-corrected chi connectivity index (χ0v) is 20.8. The van der Waals surface area contributed by atoms with E-state index in [1.54, 1.807) is 12.1 Å². The average molecular weight is 506 g/mol. The van der Waals surface area contributed by atoms with E-state index in [0.717, 1.165) is 12.1 Å². The number of nitrogens with one attached hydrogen (secondary N) is 3. The number of rotatable bonds is 9. The Hall–Kier alpha value is -2.55. The molecule has 0 bridgehead atoms. The van der Waals surface area contributed by atoms with Crippen LogP contribution in [0.25, 0.3) is 0 Å². The van der Waals surface area contributed by atoms with Crippen LogP contribution in [0.2, 0.25) is 10.0 Å². The summed E-state index contributed by atoms with van der Waals surface area (Å²) in [7, 11) is 0. The van der Waals surface area contributed by atoms with Gasteiger partial charge in [-0.05, 0) is 48.2 Å². The molecule has 0 aliphatic heterocycles. The third-order valence-electron chi connectivity index (χ3n) is 4.88. The van der Waals surface area contributed by atoms with E-state index in [4.69, 9.17) is 23.2 Å². The van der Waals surface area contributed by atoms with E-state index in [-0.39, 0.29) is 28.5 Å². The standard InChI is InChI=1S/C23H25Cl2N5O2S/c1-4-14-5-8-16(9-6-14)26-19(31)12-33-23-28-21(29-30-23)20(13(2)3)27-22(32)17-10-7-15(24)11-18(17)25/h5-11,13,20H,4,12H2,1-3H3,(H,26,31)(H,27,32)(H,28,29,30)/t20-/m1/s1. The molecule has 0 unspecified atom stereocenters. The quantitative estimate of drug-likeness (QED) is 0.332. The first-order valence-corrected chi connectivity index (χ1v) is 12.2. The first kappa shape index (κ1) is 25.1. The normalized spacial score (nSPS) is 11.9. The molecule has 0 radical (unpaired) electrons. The van der Waals surface area contributed by atoms with Crippen molar-refractivity contribution in [1.82, 2.24) is 20.5 Å². The van der Waals surface area contributed by atoms with Gasteiger partial charge in [0.25, 0.3) is 5.91 Å². The van der Waals surface area contributed by atoms with E-state index in [9.17, 15) is 9.59 Å². The first-order chi connectivity index (χ1) is 15.8. The van der Waals surface area contributed by atoms with Crippen LogP contribution in [0.15, 0.2) is 47.6 Å².